The van der Waals surface area contributed by atoms with E-state index in [4.69, 9.17) is 82.3 Å². The van der Waals surface area contributed by atoms with Gasteiger partial charge in [0.1, 0.15) is 46.6 Å². The van der Waals surface area contributed by atoms with Crippen LogP contribution in [-0.4, -0.2) is 55.0 Å². The van der Waals surface area contributed by atoms with Gasteiger partial charge in [0, 0.05) is 12.0 Å². The molecule has 452 valence electrons. The summed E-state index contributed by atoms with van der Waals surface area (Å²) in [6, 6.07) is 55.4. The van der Waals surface area contributed by atoms with Gasteiger partial charge in [-0.15, -0.1) is 0 Å². The molecule has 7 rings (SSSR count). The minimum absolute atomic E-state index is 0.0139. The van der Waals surface area contributed by atoms with Crippen LogP contribution in [0.2, 0.25) is 0 Å². The third-order valence-electron chi connectivity index (χ3n) is 13.0. The van der Waals surface area contributed by atoms with E-state index in [1.807, 2.05) is 140 Å². The molecule has 1 N–H and O–H groups in total. The third-order valence-corrected chi connectivity index (χ3v) is 13.0. The van der Waals surface area contributed by atoms with Crippen LogP contribution in [0.15, 0.2) is 180 Å². The van der Waals surface area contributed by atoms with Gasteiger partial charge in [-0.3, -0.25) is 4.79 Å². The van der Waals surface area contributed by atoms with Crippen LogP contribution in [-0.2, 0) is 5.54 Å². The molecule has 6 aromatic rings. The first-order valence-electron chi connectivity index (χ1n) is 26.8. The maximum atomic E-state index is 10.9. The number of rotatable bonds is 12. The van der Waals surface area contributed by atoms with Crippen molar-refractivity contribution in [3.63, 3.8) is 0 Å². The normalized spacial score (nSPS) is 13.2. The van der Waals surface area contributed by atoms with Crippen LogP contribution in [0.4, 0.5) is 0 Å². The summed E-state index contributed by atoms with van der Waals surface area (Å²) in [7, 11) is 9.51. The Hall–Kier alpha value is -13.3. The average Bonchev–Trinajstić information content (AvgIpc) is 0.826. The van der Waals surface area contributed by atoms with Crippen LogP contribution >= 0.6 is 0 Å². The van der Waals surface area contributed by atoms with E-state index in [0.29, 0.717) is 57.5 Å². The van der Waals surface area contributed by atoms with Gasteiger partial charge in [-0.05, 0) is 158 Å². The molecule has 0 bridgehead atoms. The molecule has 0 radical (unpaired) electrons. The van der Waals surface area contributed by atoms with E-state index in [2.05, 4.69) is 35.6 Å². The second-order valence-corrected chi connectivity index (χ2v) is 18.6. The predicted molar refractivity (Wildman–Crippen MR) is 346 cm³/mol. The highest BCUT2D eigenvalue weighted by atomic mass is 16.5. The molecular weight excluding hydrogens is 1140 g/mol. The number of nitriles is 6. The first-order valence-corrected chi connectivity index (χ1v) is 26.8. The molecule has 0 amide bonds. The Bertz CT molecular complexity index is 3960. The molecule has 0 saturated carbocycles. The van der Waals surface area contributed by atoms with Gasteiger partial charge in [0.15, 0.2) is 5.78 Å². The fourth-order valence-electron chi connectivity index (χ4n) is 8.05. The van der Waals surface area contributed by atoms with Crippen LogP contribution in [0.5, 0.6) is 34.5 Å². The summed E-state index contributed by atoms with van der Waals surface area (Å²) >= 11 is 0. The van der Waals surface area contributed by atoms with Crippen molar-refractivity contribution >= 4 is 28.1 Å². The minimum atomic E-state index is -0.671. The first kappa shape index (κ1) is 73.8. The van der Waals surface area contributed by atoms with Crippen LogP contribution in [0.1, 0.15) is 79.2 Å². The van der Waals surface area contributed by atoms with Crippen molar-refractivity contribution in [2.24, 2.45) is 0 Å². The Balaban J connectivity index is 0.000000399. The molecule has 0 fully saturated rings. The topological polar surface area (TPSA) is 249 Å². The van der Waals surface area contributed by atoms with Crippen LogP contribution in [0.25, 0.3) is 46.5 Å². The van der Waals surface area contributed by atoms with E-state index in [0.717, 1.165) is 39.1 Å². The Labute approximate surface area is 532 Å². The van der Waals surface area contributed by atoms with E-state index in [1.165, 1.54) is 6.92 Å². The van der Waals surface area contributed by atoms with E-state index < -0.39 is 5.54 Å². The average molecular weight is 1210 g/mol. The SMILES string of the molecule is COc1cccc(C(C)=O)c1.[C-]#[N+]/C(C#N)=C(/C)c1cccc(OC)c1.[C-]#[N+]/C(C#N)=C(/C)c1cccc(OC)c1.[C-]#[N+]/C(C#N)=C1\NC(C)(c2cccc(OC)c2)CC(c2cccc(OC)c2)=C1C#N.[C-]#[N+]C(C#N)=C(C)c1cccc(OC)c1.[C-]#[N+]CC#N. The van der Waals surface area contributed by atoms with Crippen molar-refractivity contribution < 1.29 is 33.2 Å². The molecule has 6 aromatic carbocycles. The monoisotopic (exact) mass is 1210 g/mol. The number of carbonyl (C=O) groups is 1. The Morgan fingerprint density at radius 3 is 1.14 bits per heavy atom. The number of hydrogen-bond acceptors (Lipinski definition) is 14. The van der Waals surface area contributed by atoms with Crippen LogP contribution in [0.3, 0.4) is 0 Å². The number of nitrogens with one attached hydrogen (secondary N) is 1. The van der Waals surface area contributed by atoms with E-state index >= 15 is 0 Å². The van der Waals surface area contributed by atoms with Gasteiger partial charge in [0.25, 0.3) is 29.3 Å². The van der Waals surface area contributed by atoms with Gasteiger partial charge in [0.2, 0.25) is 0 Å². The molecule has 0 saturated heterocycles. The number of nitrogens with zero attached hydrogens (tertiary/aromatic N) is 11. The largest absolute Gasteiger partial charge is 0.497 e. The van der Waals surface area contributed by atoms with Gasteiger partial charge in [-0.25, -0.2) is 47.0 Å². The zero-order valence-corrected chi connectivity index (χ0v) is 52.0. The highest BCUT2D eigenvalue weighted by Crippen LogP contribution is 2.43. The smallest absolute Gasteiger partial charge is 0.298 e. The van der Waals surface area contributed by atoms with E-state index in [-0.39, 0.29) is 46.4 Å². The summed E-state index contributed by atoms with van der Waals surface area (Å²) in [5.74, 6) is 4.29. The van der Waals surface area contributed by atoms with Gasteiger partial charge in [-0.2, -0.15) is 10.5 Å². The molecule has 91 heavy (non-hydrogen) atoms. The quantitative estimate of drug-likeness (QED) is 0.0518. The lowest BCUT2D eigenvalue weighted by Crippen LogP contribution is -2.43. The highest BCUT2D eigenvalue weighted by molar-refractivity contribution is 5.94. The molecule has 1 atom stereocenters. The molecule has 19 heteroatoms. The lowest BCUT2D eigenvalue weighted by atomic mass is 9.77. The molecule has 1 heterocycles. The summed E-state index contributed by atoms with van der Waals surface area (Å²) in [6.45, 7) is 42.8. The molecular formula is C72H62N12O7. The molecule has 0 spiro atoms. The van der Waals surface area contributed by atoms with Crippen molar-refractivity contribution in [2.45, 2.75) is 46.6 Å². The number of carbonyl (C=O) groups excluding carboxylic acids is 1. The maximum absolute atomic E-state index is 10.9. The van der Waals surface area contributed by atoms with Crippen molar-refractivity contribution in [2.75, 3.05) is 49.2 Å². The maximum Gasteiger partial charge on any atom is 0.298 e. The van der Waals surface area contributed by atoms with E-state index in [9.17, 15) is 15.3 Å². The molecule has 1 aliphatic heterocycles. The molecule has 0 aliphatic carbocycles. The second kappa shape index (κ2) is 39.3. The number of benzene rings is 6. The third kappa shape index (κ3) is 22.2. The number of allylic oxidation sites excluding steroid dienone is 8. The Morgan fingerprint density at radius 2 is 0.835 bits per heavy atom. The minimum Gasteiger partial charge on any atom is -0.497 e. The standard InChI is InChI=1S/C24H20N4O2.3C12H10N2O.C9H10O2.C3H2N2/c1-24(17-8-6-10-19(12-17)30-4)13-20(16-7-5-9-18(11-16)29-3)21(14-25)23(28-24)22(15-26)27-2;3*1-9(12(8-13)14-2)10-5-4-6-11(7-10)15-3;1-7(10)8-4-3-5-9(6-8)11-2;1-5-3-2-4/h5-12,28H,13H2,1,3-4H3;3*4-7H,1,3H3;3-6H,1-2H3;3H2/b23-22-;2*12-9-;;;. The van der Waals surface area contributed by atoms with Gasteiger partial charge >= 0.3 is 0 Å². The van der Waals surface area contributed by atoms with Crippen molar-refractivity contribution in [3.8, 4) is 70.9 Å². The summed E-state index contributed by atoms with van der Waals surface area (Å²) in [5.41, 5.74) is 7.72. The van der Waals surface area contributed by atoms with Crippen molar-refractivity contribution in [3.05, 3.63) is 270 Å². The molecule has 1 aliphatic rings. The molecule has 0 aromatic heterocycles. The van der Waals surface area contributed by atoms with Crippen molar-refractivity contribution in [1.29, 1.82) is 31.6 Å². The summed E-state index contributed by atoms with van der Waals surface area (Å²) < 4.78 is 30.9. The lowest BCUT2D eigenvalue weighted by molar-refractivity contribution is 0.101. The van der Waals surface area contributed by atoms with Crippen LogP contribution < -0.4 is 33.7 Å². The number of Topliss-reactive ketones (excluding diaryl/α,β-unsaturated/α-hetero) is 1. The number of hydrogen-bond donors (Lipinski definition) is 1. The van der Waals surface area contributed by atoms with E-state index in [1.54, 1.807) is 106 Å². The number of ketones is 1. The van der Waals surface area contributed by atoms with Gasteiger partial charge in [-0.1, -0.05) is 72.8 Å². The summed E-state index contributed by atoms with van der Waals surface area (Å²) in [4.78, 5) is 26.5. The first-order chi connectivity index (χ1) is 43.8. The number of methoxy groups -OCH3 is 6. The predicted octanol–water partition coefficient (Wildman–Crippen LogP) is 15.5. The lowest BCUT2D eigenvalue weighted by Gasteiger charge is -2.39. The molecule has 19 nitrogen and oxygen atoms in total. The Kier molecular flexibility index (Phi) is 31.9. The zero-order chi connectivity index (χ0) is 67.9. The van der Waals surface area contributed by atoms with Crippen molar-refractivity contribution in [1.82, 2.24) is 5.32 Å². The summed E-state index contributed by atoms with van der Waals surface area (Å²) in [5, 5.41) is 56.6. The highest BCUT2D eigenvalue weighted by Gasteiger charge is 2.37. The molecule has 1 unspecified atom stereocenters. The fourth-order valence-corrected chi connectivity index (χ4v) is 8.05. The van der Waals surface area contributed by atoms with Crippen LogP contribution in [0, 0.1) is 101 Å². The summed E-state index contributed by atoms with van der Waals surface area (Å²) in [6.07, 6.45) is 0.469. The Morgan fingerprint density at radius 1 is 0.484 bits per heavy atom. The number of ether oxygens (including phenoxy) is 6. The second-order valence-electron chi connectivity index (χ2n) is 18.6. The van der Waals surface area contributed by atoms with Gasteiger partial charge in [0.05, 0.1) is 110 Å². The fraction of sp³-hybridized carbons (Fsp3) is 0.194. The zero-order valence-electron chi connectivity index (χ0n) is 52.0. The van der Waals surface area contributed by atoms with Gasteiger partial charge < -0.3 is 38.6 Å².